The van der Waals surface area contributed by atoms with E-state index in [0.717, 1.165) is 17.8 Å². The quantitative estimate of drug-likeness (QED) is 0.788. The molecule has 0 spiro atoms. The van der Waals surface area contributed by atoms with E-state index in [1.165, 1.54) is 44.3 Å². The first-order valence-electron chi connectivity index (χ1n) is 7.62. The van der Waals surface area contributed by atoms with Gasteiger partial charge in [-0.15, -0.1) is 0 Å². The second-order valence-electron chi connectivity index (χ2n) is 6.18. The van der Waals surface area contributed by atoms with Gasteiger partial charge in [-0.25, -0.2) is 0 Å². The van der Waals surface area contributed by atoms with Gasteiger partial charge in [0.1, 0.15) is 0 Å². The summed E-state index contributed by atoms with van der Waals surface area (Å²) in [4.78, 5) is 2.58. The molecule has 2 heterocycles. The Kier molecular flexibility index (Phi) is 4.27. The van der Waals surface area contributed by atoms with Crippen molar-refractivity contribution in [3.8, 4) is 0 Å². The molecule has 0 bridgehead atoms. The van der Waals surface area contributed by atoms with Crippen molar-refractivity contribution in [1.82, 2.24) is 14.7 Å². The number of likely N-dealkylation sites (tertiary alicyclic amines) is 1. The van der Waals surface area contributed by atoms with Crippen LogP contribution in [-0.4, -0.2) is 32.6 Å². The number of nitrogens with zero attached hydrogens (tertiary/aromatic N) is 3. The molecule has 3 rings (SSSR count). The Morgan fingerprint density at radius 3 is 2.84 bits per heavy atom. The predicted octanol–water partition coefficient (Wildman–Crippen LogP) is 3.60. The van der Waals surface area contributed by atoms with E-state index < -0.39 is 0 Å². The van der Waals surface area contributed by atoms with Crippen LogP contribution in [0.4, 0.5) is 0 Å². The molecule has 0 aromatic carbocycles. The summed E-state index contributed by atoms with van der Waals surface area (Å²) in [5.74, 6) is 0.802. The normalized spacial score (nSPS) is 29.4. The lowest BCUT2D eigenvalue weighted by Gasteiger charge is -2.24. The average molecular weight is 326 g/mol. The van der Waals surface area contributed by atoms with Gasteiger partial charge in [0, 0.05) is 24.1 Å². The van der Waals surface area contributed by atoms with Crippen LogP contribution >= 0.6 is 15.9 Å². The molecule has 1 aliphatic heterocycles. The van der Waals surface area contributed by atoms with E-state index in [1.54, 1.807) is 0 Å². The van der Waals surface area contributed by atoms with Gasteiger partial charge in [0.25, 0.3) is 0 Å². The van der Waals surface area contributed by atoms with Gasteiger partial charge in [-0.05, 0) is 37.8 Å². The first-order chi connectivity index (χ1) is 9.28. The molecule has 106 valence electrons. The number of alkyl halides is 1. The minimum absolute atomic E-state index is 0.665. The van der Waals surface area contributed by atoms with Crippen molar-refractivity contribution >= 4 is 15.9 Å². The molecule has 2 aliphatic rings. The van der Waals surface area contributed by atoms with Crippen molar-refractivity contribution in [3.63, 3.8) is 0 Å². The van der Waals surface area contributed by atoms with Crippen LogP contribution in [0.25, 0.3) is 0 Å². The highest BCUT2D eigenvalue weighted by Crippen LogP contribution is 2.30. The van der Waals surface area contributed by atoms with E-state index in [0.29, 0.717) is 12.1 Å². The predicted molar refractivity (Wildman–Crippen MR) is 81.5 cm³/mol. The molecule has 1 saturated carbocycles. The van der Waals surface area contributed by atoms with Crippen LogP contribution in [0.15, 0.2) is 12.3 Å². The number of rotatable bonds is 4. The summed E-state index contributed by atoms with van der Waals surface area (Å²) in [7, 11) is 0. The molecule has 3 nitrogen and oxygen atoms in total. The van der Waals surface area contributed by atoms with Gasteiger partial charge in [0.2, 0.25) is 0 Å². The molecule has 2 fully saturated rings. The molecule has 2 unspecified atom stereocenters. The van der Waals surface area contributed by atoms with Gasteiger partial charge in [0.15, 0.2) is 0 Å². The average Bonchev–Trinajstić information content (AvgIpc) is 3.11. The SMILES string of the molecule is CC1CCN(Cc2ccn(C3CCCC3)n2)C1CBr. The maximum absolute atomic E-state index is 4.81. The van der Waals surface area contributed by atoms with Gasteiger partial charge in [-0.2, -0.15) is 5.10 Å². The summed E-state index contributed by atoms with van der Waals surface area (Å²) < 4.78 is 2.21. The van der Waals surface area contributed by atoms with Gasteiger partial charge in [0.05, 0.1) is 11.7 Å². The van der Waals surface area contributed by atoms with Crippen LogP contribution in [0.2, 0.25) is 0 Å². The monoisotopic (exact) mass is 325 g/mol. The third-order valence-electron chi connectivity index (χ3n) is 4.88. The van der Waals surface area contributed by atoms with Crippen LogP contribution < -0.4 is 0 Å². The van der Waals surface area contributed by atoms with E-state index in [4.69, 9.17) is 5.10 Å². The van der Waals surface area contributed by atoms with Crippen LogP contribution in [0.5, 0.6) is 0 Å². The standard InChI is InChI=1S/C15H24BrN3/c1-12-6-8-18(15(12)10-16)11-13-7-9-19(17-13)14-4-2-3-5-14/h7,9,12,14-15H,2-6,8,10-11H2,1H3. The summed E-state index contributed by atoms with van der Waals surface area (Å²) in [6.45, 7) is 4.59. The summed E-state index contributed by atoms with van der Waals surface area (Å²) in [6.07, 6.45) is 8.87. The molecule has 4 heteroatoms. The molecule has 1 aliphatic carbocycles. The van der Waals surface area contributed by atoms with E-state index in [9.17, 15) is 0 Å². The highest BCUT2D eigenvalue weighted by molar-refractivity contribution is 9.09. The molecular weight excluding hydrogens is 302 g/mol. The molecule has 2 atom stereocenters. The zero-order valence-electron chi connectivity index (χ0n) is 11.8. The Morgan fingerprint density at radius 1 is 1.32 bits per heavy atom. The summed E-state index contributed by atoms with van der Waals surface area (Å²) in [6, 6.07) is 3.56. The molecule has 0 N–H and O–H groups in total. The van der Waals surface area contributed by atoms with Crippen molar-refractivity contribution in [1.29, 1.82) is 0 Å². The first kappa shape index (κ1) is 13.6. The van der Waals surface area contributed by atoms with Crippen molar-refractivity contribution in [2.24, 2.45) is 5.92 Å². The molecule has 1 aromatic rings. The minimum atomic E-state index is 0.665. The smallest absolute Gasteiger partial charge is 0.0765 e. The van der Waals surface area contributed by atoms with Crippen LogP contribution in [0, 0.1) is 5.92 Å². The van der Waals surface area contributed by atoms with E-state index in [1.807, 2.05) is 0 Å². The highest BCUT2D eigenvalue weighted by Gasteiger charge is 2.30. The minimum Gasteiger partial charge on any atom is -0.293 e. The first-order valence-corrected chi connectivity index (χ1v) is 8.74. The van der Waals surface area contributed by atoms with Gasteiger partial charge < -0.3 is 0 Å². The van der Waals surface area contributed by atoms with E-state index in [-0.39, 0.29) is 0 Å². The van der Waals surface area contributed by atoms with Crippen molar-refractivity contribution < 1.29 is 0 Å². The maximum atomic E-state index is 4.81. The fraction of sp³-hybridized carbons (Fsp3) is 0.800. The van der Waals surface area contributed by atoms with Crippen molar-refractivity contribution in [2.45, 2.75) is 57.7 Å². The molecule has 0 radical (unpaired) electrons. The number of hydrogen-bond acceptors (Lipinski definition) is 2. The Hall–Kier alpha value is -0.350. The maximum Gasteiger partial charge on any atom is 0.0765 e. The largest absolute Gasteiger partial charge is 0.293 e. The lowest BCUT2D eigenvalue weighted by molar-refractivity contribution is 0.240. The van der Waals surface area contributed by atoms with Crippen molar-refractivity contribution in [3.05, 3.63) is 18.0 Å². The second-order valence-corrected chi connectivity index (χ2v) is 6.83. The zero-order chi connectivity index (χ0) is 13.2. The fourth-order valence-corrected chi connectivity index (χ4v) is 4.62. The lowest BCUT2D eigenvalue weighted by atomic mass is 10.1. The molecule has 1 saturated heterocycles. The van der Waals surface area contributed by atoms with Crippen LogP contribution in [-0.2, 0) is 6.54 Å². The van der Waals surface area contributed by atoms with Gasteiger partial charge in [-0.3, -0.25) is 9.58 Å². The summed E-state index contributed by atoms with van der Waals surface area (Å²) in [5.41, 5.74) is 1.24. The lowest BCUT2D eigenvalue weighted by Crippen LogP contribution is -2.33. The summed E-state index contributed by atoms with van der Waals surface area (Å²) in [5, 5.41) is 5.89. The highest BCUT2D eigenvalue weighted by atomic mass is 79.9. The van der Waals surface area contributed by atoms with Gasteiger partial charge in [-0.1, -0.05) is 35.7 Å². The van der Waals surface area contributed by atoms with E-state index in [2.05, 4.69) is 44.7 Å². The zero-order valence-corrected chi connectivity index (χ0v) is 13.3. The van der Waals surface area contributed by atoms with E-state index >= 15 is 0 Å². The summed E-state index contributed by atoms with van der Waals surface area (Å²) >= 11 is 3.66. The Labute approximate surface area is 124 Å². The molecule has 0 amide bonds. The third-order valence-corrected chi connectivity index (χ3v) is 5.55. The molecular formula is C15H24BrN3. The number of halogens is 1. The Bertz CT molecular complexity index is 411. The third kappa shape index (κ3) is 2.89. The Balaban J connectivity index is 1.63. The molecule has 19 heavy (non-hydrogen) atoms. The van der Waals surface area contributed by atoms with Crippen molar-refractivity contribution in [2.75, 3.05) is 11.9 Å². The second kappa shape index (κ2) is 5.96. The Morgan fingerprint density at radius 2 is 2.11 bits per heavy atom. The molecule has 1 aromatic heterocycles. The fourth-order valence-electron chi connectivity index (χ4n) is 3.58. The number of aromatic nitrogens is 2. The number of hydrogen-bond donors (Lipinski definition) is 0. The van der Waals surface area contributed by atoms with Crippen LogP contribution in [0.1, 0.15) is 50.8 Å². The van der Waals surface area contributed by atoms with Gasteiger partial charge >= 0.3 is 0 Å². The topological polar surface area (TPSA) is 21.1 Å². The van der Waals surface area contributed by atoms with Crippen LogP contribution in [0.3, 0.4) is 0 Å².